The number of rotatable bonds is 4. The van der Waals surface area contributed by atoms with Crippen molar-refractivity contribution < 1.29 is 14.5 Å². The van der Waals surface area contributed by atoms with Gasteiger partial charge in [0.25, 0.3) is 16.8 Å². The van der Waals surface area contributed by atoms with E-state index >= 15 is 0 Å². The lowest BCUT2D eigenvalue weighted by Gasteiger charge is -2.12. The molecule has 3 rings (SSSR count). The summed E-state index contributed by atoms with van der Waals surface area (Å²) in [7, 11) is 0. The lowest BCUT2D eigenvalue weighted by molar-refractivity contribution is -0.385. The minimum absolute atomic E-state index is 0.113. The fourth-order valence-corrected chi connectivity index (χ4v) is 3.63. The highest BCUT2D eigenvalue weighted by atomic mass is 79.9. The molecule has 25 heavy (non-hydrogen) atoms. The second-order valence-electron chi connectivity index (χ2n) is 5.21. The van der Waals surface area contributed by atoms with Gasteiger partial charge in [0.05, 0.1) is 16.4 Å². The second kappa shape index (κ2) is 7.20. The van der Waals surface area contributed by atoms with Crippen molar-refractivity contribution in [2.24, 2.45) is 0 Å². The van der Waals surface area contributed by atoms with Gasteiger partial charge in [-0.2, -0.15) is 0 Å². The molecule has 0 aliphatic carbocycles. The standard InChI is InChI=1S/C17H11BrN2O4S/c18-13-6-3-4-11(8-13)9-15-16(21)19(17(22)25-15)10-12-5-1-2-7-14(12)20(23)24/h1-9H,10H2/b15-9-. The summed E-state index contributed by atoms with van der Waals surface area (Å²) in [6.07, 6.45) is 1.63. The highest BCUT2D eigenvalue weighted by Crippen LogP contribution is 2.34. The van der Waals surface area contributed by atoms with Crippen molar-refractivity contribution >= 4 is 50.6 Å². The lowest BCUT2D eigenvalue weighted by atomic mass is 10.1. The van der Waals surface area contributed by atoms with Crippen LogP contribution >= 0.6 is 27.7 Å². The number of para-hydroxylation sites is 1. The summed E-state index contributed by atoms with van der Waals surface area (Å²) in [6, 6.07) is 13.4. The monoisotopic (exact) mass is 418 g/mol. The minimum Gasteiger partial charge on any atom is -0.268 e. The van der Waals surface area contributed by atoms with Gasteiger partial charge in [-0.25, -0.2) is 0 Å². The van der Waals surface area contributed by atoms with E-state index in [4.69, 9.17) is 0 Å². The SMILES string of the molecule is O=C1S/C(=C\c2cccc(Br)c2)C(=O)N1Cc1ccccc1[N+](=O)[O-]. The van der Waals surface area contributed by atoms with Crippen molar-refractivity contribution in [3.8, 4) is 0 Å². The molecule has 0 radical (unpaired) electrons. The Morgan fingerprint density at radius 1 is 1.16 bits per heavy atom. The van der Waals surface area contributed by atoms with Crippen LogP contribution in [-0.2, 0) is 11.3 Å². The van der Waals surface area contributed by atoms with Gasteiger partial charge >= 0.3 is 0 Å². The summed E-state index contributed by atoms with van der Waals surface area (Å²) in [6.45, 7) is -0.127. The maximum atomic E-state index is 12.5. The second-order valence-corrected chi connectivity index (χ2v) is 7.12. The number of thioether (sulfide) groups is 1. The Kier molecular flexibility index (Phi) is 5.00. The molecule has 0 bridgehead atoms. The average Bonchev–Trinajstić information content (AvgIpc) is 2.83. The van der Waals surface area contributed by atoms with Crippen molar-refractivity contribution in [3.63, 3.8) is 0 Å². The van der Waals surface area contributed by atoms with Crippen molar-refractivity contribution in [3.05, 3.63) is 79.2 Å². The molecule has 0 spiro atoms. The molecule has 1 aliphatic heterocycles. The van der Waals surface area contributed by atoms with Crippen LogP contribution in [0.25, 0.3) is 6.08 Å². The largest absolute Gasteiger partial charge is 0.293 e. The average molecular weight is 419 g/mol. The number of amides is 2. The van der Waals surface area contributed by atoms with Gasteiger partial charge in [0.2, 0.25) is 0 Å². The zero-order valence-corrected chi connectivity index (χ0v) is 15.1. The first-order valence-electron chi connectivity index (χ1n) is 7.19. The van der Waals surface area contributed by atoms with Gasteiger partial charge in [0.15, 0.2) is 0 Å². The third kappa shape index (κ3) is 3.80. The molecule has 2 aromatic carbocycles. The molecular weight excluding hydrogens is 408 g/mol. The van der Waals surface area contributed by atoms with E-state index in [1.165, 1.54) is 6.07 Å². The molecule has 6 nitrogen and oxygen atoms in total. The van der Waals surface area contributed by atoms with Crippen LogP contribution in [0.3, 0.4) is 0 Å². The zero-order chi connectivity index (χ0) is 18.0. The van der Waals surface area contributed by atoms with E-state index < -0.39 is 16.1 Å². The third-order valence-corrected chi connectivity index (χ3v) is 4.94. The van der Waals surface area contributed by atoms with E-state index in [1.807, 2.05) is 24.3 Å². The topological polar surface area (TPSA) is 80.5 Å². The number of halogens is 1. The molecule has 1 aliphatic rings. The van der Waals surface area contributed by atoms with Crippen LogP contribution in [0, 0.1) is 10.1 Å². The number of benzene rings is 2. The first-order chi connectivity index (χ1) is 12.0. The maximum Gasteiger partial charge on any atom is 0.293 e. The summed E-state index contributed by atoms with van der Waals surface area (Å²) in [5, 5.41) is 10.7. The predicted molar refractivity (Wildman–Crippen MR) is 98.8 cm³/mol. The Morgan fingerprint density at radius 2 is 1.92 bits per heavy atom. The highest BCUT2D eigenvalue weighted by Gasteiger charge is 2.36. The molecule has 1 fully saturated rings. The molecule has 1 saturated heterocycles. The van der Waals surface area contributed by atoms with Gasteiger partial charge in [-0.3, -0.25) is 24.6 Å². The summed E-state index contributed by atoms with van der Waals surface area (Å²) in [5.41, 5.74) is 0.988. The number of nitrogens with zero attached hydrogens (tertiary/aromatic N) is 2. The fourth-order valence-electron chi connectivity index (χ4n) is 2.38. The lowest BCUT2D eigenvalue weighted by Crippen LogP contribution is -2.27. The molecule has 0 atom stereocenters. The normalized spacial score (nSPS) is 15.9. The highest BCUT2D eigenvalue weighted by molar-refractivity contribution is 9.10. The molecule has 0 aromatic heterocycles. The maximum absolute atomic E-state index is 12.5. The van der Waals surface area contributed by atoms with Gasteiger partial charge in [-0.1, -0.05) is 46.3 Å². The van der Waals surface area contributed by atoms with Gasteiger partial charge in [0.1, 0.15) is 0 Å². The van der Waals surface area contributed by atoms with Crippen LogP contribution in [0.1, 0.15) is 11.1 Å². The molecule has 8 heteroatoms. The number of hydrogen-bond acceptors (Lipinski definition) is 5. The number of imide groups is 1. The Labute approximate surface area is 155 Å². The molecule has 126 valence electrons. The van der Waals surface area contributed by atoms with Gasteiger partial charge in [-0.15, -0.1) is 0 Å². The van der Waals surface area contributed by atoms with E-state index in [0.717, 1.165) is 26.7 Å². The third-order valence-electron chi connectivity index (χ3n) is 3.54. The Hall–Kier alpha value is -2.45. The van der Waals surface area contributed by atoms with Gasteiger partial charge < -0.3 is 0 Å². The Morgan fingerprint density at radius 3 is 2.64 bits per heavy atom. The first kappa shape index (κ1) is 17.4. The van der Waals surface area contributed by atoms with E-state index in [2.05, 4.69) is 15.9 Å². The molecule has 2 amide bonds. The predicted octanol–water partition coefficient (Wildman–Crippen LogP) is 4.59. The number of hydrogen-bond donors (Lipinski definition) is 0. The minimum atomic E-state index is -0.522. The number of nitro benzene ring substituents is 1. The fraction of sp³-hybridized carbons (Fsp3) is 0.0588. The summed E-state index contributed by atoms with van der Waals surface area (Å²) < 4.78 is 0.861. The number of carbonyl (C=O) groups is 2. The van der Waals surface area contributed by atoms with E-state index in [-0.39, 0.29) is 12.2 Å². The molecule has 0 saturated carbocycles. The van der Waals surface area contributed by atoms with E-state index in [0.29, 0.717) is 10.5 Å². The summed E-state index contributed by atoms with van der Waals surface area (Å²) >= 11 is 4.18. The van der Waals surface area contributed by atoms with Crippen molar-refractivity contribution in [1.82, 2.24) is 4.90 Å². The quantitative estimate of drug-likeness (QED) is 0.411. The zero-order valence-electron chi connectivity index (χ0n) is 12.7. The van der Waals surface area contributed by atoms with Crippen LogP contribution < -0.4 is 0 Å². The summed E-state index contributed by atoms with van der Waals surface area (Å²) in [5.74, 6) is -0.451. The van der Waals surface area contributed by atoms with E-state index in [1.54, 1.807) is 24.3 Å². The molecule has 1 heterocycles. The first-order valence-corrected chi connectivity index (χ1v) is 8.80. The van der Waals surface area contributed by atoms with Crippen molar-refractivity contribution in [2.45, 2.75) is 6.54 Å². The van der Waals surface area contributed by atoms with Crippen molar-refractivity contribution in [1.29, 1.82) is 0 Å². The number of nitro groups is 1. The molecule has 0 unspecified atom stereocenters. The van der Waals surface area contributed by atoms with Crippen LogP contribution in [0.4, 0.5) is 10.5 Å². The summed E-state index contributed by atoms with van der Waals surface area (Å²) in [4.78, 5) is 36.6. The molecule has 0 N–H and O–H groups in total. The molecular formula is C17H11BrN2O4S. The Balaban J connectivity index is 1.86. The van der Waals surface area contributed by atoms with Crippen LogP contribution in [0.5, 0.6) is 0 Å². The van der Waals surface area contributed by atoms with E-state index in [9.17, 15) is 19.7 Å². The molecule has 2 aromatic rings. The van der Waals surface area contributed by atoms with Crippen LogP contribution in [0.2, 0.25) is 0 Å². The van der Waals surface area contributed by atoms with Gasteiger partial charge in [0, 0.05) is 16.1 Å². The Bertz CT molecular complexity index is 913. The smallest absolute Gasteiger partial charge is 0.268 e. The van der Waals surface area contributed by atoms with Gasteiger partial charge in [-0.05, 0) is 35.5 Å². The van der Waals surface area contributed by atoms with Crippen molar-refractivity contribution in [2.75, 3.05) is 0 Å². The number of carbonyl (C=O) groups excluding carboxylic acids is 2. The van der Waals surface area contributed by atoms with Crippen LogP contribution in [0.15, 0.2) is 57.9 Å². The van der Waals surface area contributed by atoms with Crippen LogP contribution in [-0.4, -0.2) is 21.0 Å².